The molecule has 0 bridgehead atoms. The van der Waals surface area contributed by atoms with Gasteiger partial charge in [0.15, 0.2) is 0 Å². The number of pyridine rings is 1. The molecule has 110 valence electrons. The van der Waals surface area contributed by atoms with E-state index in [2.05, 4.69) is 10.3 Å². The van der Waals surface area contributed by atoms with Crippen LogP contribution < -0.4 is 14.8 Å². The Kier molecular flexibility index (Phi) is 4.77. The summed E-state index contributed by atoms with van der Waals surface area (Å²) in [4.78, 5) is 16.5. The van der Waals surface area contributed by atoms with Gasteiger partial charge in [-0.3, -0.25) is 4.79 Å². The number of nitrogens with one attached hydrogen (secondary N) is 1. The molecule has 0 radical (unpaired) electrons. The maximum Gasteiger partial charge on any atom is 0.261 e. The summed E-state index contributed by atoms with van der Waals surface area (Å²) in [5.41, 5.74) is 2.04. The third-order valence-electron chi connectivity index (χ3n) is 2.90. The van der Waals surface area contributed by atoms with Gasteiger partial charge in [-0.15, -0.1) is 0 Å². The number of carbonyl (C=O) groups is 1. The molecule has 5 heteroatoms. The molecule has 21 heavy (non-hydrogen) atoms. The predicted molar refractivity (Wildman–Crippen MR) is 81.1 cm³/mol. The quantitative estimate of drug-likeness (QED) is 0.917. The molecule has 0 fully saturated rings. The molecule has 0 unspecified atom stereocenters. The summed E-state index contributed by atoms with van der Waals surface area (Å²) in [5, 5.41) is 2.83. The van der Waals surface area contributed by atoms with Crippen molar-refractivity contribution >= 4 is 11.6 Å². The lowest BCUT2D eigenvalue weighted by molar-refractivity contribution is 0.102. The molecule has 1 heterocycles. The number of nitrogens with zero attached hydrogens (tertiary/aromatic N) is 1. The highest BCUT2D eigenvalue weighted by molar-refractivity contribution is 6.06. The summed E-state index contributed by atoms with van der Waals surface area (Å²) < 4.78 is 10.6. The molecule has 5 nitrogen and oxygen atoms in total. The molecule has 1 aromatic heterocycles. The molecule has 0 aliphatic carbocycles. The van der Waals surface area contributed by atoms with Gasteiger partial charge in [0.1, 0.15) is 11.3 Å². The van der Waals surface area contributed by atoms with Gasteiger partial charge in [-0.2, -0.15) is 0 Å². The second kappa shape index (κ2) is 6.74. The van der Waals surface area contributed by atoms with E-state index in [-0.39, 0.29) is 5.91 Å². The maximum atomic E-state index is 12.4. The van der Waals surface area contributed by atoms with Crippen molar-refractivity contribution in [2.24, 2.45) is 0 Å². The van der Waals surface area contributed by atoms with Gasteiger partial charge in [-0.1, -0.05) is 6.07 Å². The Morgan fingerprint density at radius 1 is 1.33 bits per heavy atom. The van der Waals surface area contributed by atoms with Crippen molar-refractivity contribution in [3.63, 3.8) is 0 Å². The standard InChI is InChI=1S/C16H18N2O3/c1-4-21-16-12(6-5-9-17-16)15(19)18-13-10-11(2)7-8-14(13)20-3/h5-10H,4H2,1-3H3,(H,18,19). The Morgan fingerprint density at radius 3 is 2.86 bits per heavy atom. The summed E-state index contributed by atoms with van der Waals surface area (Å²) in [7, 11) is 1.57. The summed E-state index contributed by atoms with van der Waals surface area (Å²) >= 11 is 0. The van der Waals surface area contributed by atoms with E-state index in [0.29, 0.717) is 29.5 Å². The normalized spacial score (nSPS) is 10.0. The number of hydrogen-bond acceptors (Lipinski definition) is 4. The first-order valence-electron chi connectivity index (χ1n) is 6.69. The fourth-order valence-electron chi connectivity index (χ4n) is 1.92. The Labute approximate surface area is 123 Å². The lowest BCUT2D eigenvalue weighted by Crippen LogP contribution is -2.15. The summed E-state index contributed by atoms with van der Waals surface area (Å²) in [5.74, 6) is 0.648. The Morgan fingerprint density at radius 2 is 2.14 bits per heavy atom. The van der Waals surface area contributed by atoms with Crippen LogP contribution >= 0.6 is 0 Å². The monoisotopic (exact) mass is 286 g/mol. The molecule has 0 saturated carbocycles. The van der Waals surface area contributed by atoms with Crippen molar-refractivity contribution in [3.05, 3.63) is 47.7 Å². The van der Waals surface area contributed by atoms with Gasteiger partial charge in [-0.25, -0.2) is 4.98 Å². The molecule has 0 spiro atoms. The number of methoxy groups -OCH3 is 1. The molecule has 0 saturated heterocycles. The number of aryl methyl sites for hydroxylation is 1. The summed E-state index contributed by atoms with van der Waals surface area (Å²) in [6, 6.07) is 8.97. The molecular formula is C16H18N2O3. The van der Waals surface area contributed by atoms with E-state index >= 15 is 0 Å². The lowest BCUT2D eigenvalue weighted by Gasteiger charge is -2.12. The maximum absolute atomic E-state index is 12.4. The van der Waals surface area contributed by atoms with E-state index in [9.17, 15) is 4.79 Å². The van der Waals surface area contributed by atoms with E-state index < -0.39 is 0 Å². The highest BCUT2D eigenvalue weighted by Gasteiger charge is 2.15. The van der Waals surface area contributed by atoms with Crippen LogP contribution in [0, 0.1) is 6.92 Å². The SMILES string of the molecule is CCOc1ncccc1C(=O)Nc1cc(C)ccc1OC. The van der Waals surface area contributed by atoms with Crippen LogP contribution in [-0.2, 0) is 0 Å². The fraction of sp³-hybridized carbons (Fsp3) is 0.250. The molecule has 2 aromatic rings. The van der Waals surface area contributed by atoms with Gasteiger partial charge in [0, 0.05) is 6.20 Å². The minimum Gasteiger partial charge on any atom is -0.495 e. The number of carbonyl (C=O) groups excluding carboxylic acids is 1. The van der Waals surface area contributed by atoms with Gasteiger partial charge < -0.3 is 14.8 Å². The van der Waals surface area contributed by atoms with Crippen LogP contribution in [0.5, 0.6) is 11.6 Å². The Bertz CT molecular complexity index is 641. The minimum absolute atomic E-state index is 0.282. The molecular weight excluding hydrogens is 268 g/mol. The van der Waals surface area contributed by atoms with Crippen molar-refractivity contribution in [1.82, 2.24) is 4.98 Å². The molecule has 0 atom stereocenters. The molecule has 1 N–H and O–H groups in total. The number of hydrogen-bond donors (Lipinski definition) is 1. The molecule has 2 rings (SSSR count). The van der Waals surface area contributed by atoms with Crippen LogP contribution in [0.1, 0.15) is 22.8 Å². The largest absolute Gasteiger partial charge is 0.495 e. The minimum atomic E-state index is -0.282. The van der Waals surface area contributed by atoms with Crippen molar-refractivity contribution in [3.8, 4) is 11.6 Å². The first-order chi connectivity index (χ1) is 10.2. The average molecular weight is 286 g/mol. The number of aromatic nitrogens is 1. The number of rotatable bonds is 5. The molecule has 1 amide bonds. The van der Waals surface area contributed by atoms with E-state index in [4.69, 9.17) is 9.47 Å². The average Bonchev–Trinajstić information content (AvgIpc) is 2.48. The van der Waals surface area contributed by atoms with Crippen molar-refractivity contribution in [2.45, 2.75) is 13.8 Å². The van der Waals surface area contributed by atoms with Crippen LogP contribution in [0.25, 0.3) is 0 Å². The number of amides is 1. The molecule has 0 aliphatic heterocycles. The molecule has 1 aromatic carbocycles. The van der Waals surface area contributed by atoms with Crippen molar-refractivity contribution < 1.29 is 14.3 Å². The van der Waals surface area contributed by atoms with Crippen LogP contribution in [-0.4, -0.2) is 24.6 Å². The van der Waals surface area contributed by atoms with E-state index in [1.807, 2.05) is 32.0 Å². The number of benzene rings is 1. The highest BCUT2D eigenvalue weighted by Crippen LogP contribution is 2.26. The van der Waals surface area contributed by atoms with Crippen molar-refractivity contribution in [1.29, 1.82) is 0 Å². The zero-order valence-electron chi connectivity index (χ0n) is 12.3. The summed E-state index contributed by atoms with van der Waals surface area (Å²) in [6.07, 6.45) is 1.59. The van der Waals surface area contributed by atoms with Gasteiger partial charge >= 0.3 is 0 Å². The highest BCUT2D eigenvalue weighted by atomic mass is 16.5. The second-order valence-corrected chi connectivity index (χ2v) is 4.45. The van der Waals surface area contributed by atoms with Crippen LogP contribution in [0.2, 0.25) is 0 Å². The zero-order chi connectivity index (χ0) is 15.2. The van der Waals surface area contributed by atoms with E-state index in [1.165, 1.54) is 0 Å². The smallest absolute Gasteiger partial charge is 0.261 e. The van der Waals surface area contributed by atoms with Gasteiger partial charge in [-0.05, 0) is 43.7 Å². The number of anilines is 1. The lowest BCUT2D eigenvalue weighted by atomic mass is 10.2. The van der Waals surface area contributed by atoms with E-state index in [1.54, 1.807) is 25.4 Å². The zero-order valence-corrected chi connectivity index (χ0v) is 12.3. The Balaban J connectivity index is 2.28. The van der Waals surface area contributed by atoms with Crippen molar-refractivity contribution in [2.75, 3.05) is 19.0 Å². The third-order valence-corrected chi connectivity index (χ3v) is 2.90. The fourth-order valence-corrected chi connectivity index (χ4v) is 1.92. The third kappa shape index (κ3) is 3.51. The first kappa shape index (κ1) is 14.8. The van der Waals surface area contributed by atoms with Gasteiger partial charge in [0.05, 0.1) is 19.4 Å². The van der Waals surface area contributed by atoms with Crippen LogP contribution in [0.4, 0.5) is 5.69 Å². The predicted octanol–water partition coefficient (Wildman–Crippen LogP) is 3.05. The summed E-state index contributed by atoms with van der Waals surface area (Å²) in [6.45, 7) is 4.25. The molecule has 0 aliphatic rings. The van der Waals surface area contributed by atoms with Gasteiger partial charge in [0.2, 0.25) is 5.88 Å². The number of ether oxygens (including phenoxy) is 2. The van der Waals surface area contributed by atoms with E-state index in [0.717, 1.165) is 5.56 Å². The van der Waals surface area contributed by atoms with Crippen LogP contribution in [0.3, 0.4) is 0 Å². The van der Waals surface area contributed by atoms with Crippen LogP contribution in [0.15, 0.2) is 36.5 Å². The Hall–Kier alpha value is -2.56. The second-order valence-electron chi connectivity index (χ2n) is 4.45. The first-order valence-corrected chi connectivity index (χ1v) is 6.69. The van der Waals surface area contributed by atoms with Gasteiger partial charge in [0.25, 0.3) is 5.91 Å². The topological polar surface area (TPSA) is 60.5 Å².